The Morgan fingerprint density at radius 1 is 1.41 bits per heavy atom. The number of hydrogen-bond donors (Lipinski definition) is 3. The summed E-state index contributed by atoms with van der Waals surface area (Å²) in [7, 11) is 0. The van der Waals surface area contributed by atoms with Crippen molar-refractivity contribution in [1.29, 1.82) is 0 Å². The fraction of sp³-hybridized carbons (Fsp3) is 0.412. The molecule has 0 unspecified atom stereocenters. The Labute approximate surface area is 129 Å². The third-order valence-electron chi connectivity index (χ3n) is 4.19. The number of nitrogens with one attached hydrogen (secondary N) is 3. The first-order chi connectivity index (χ1) is 10.6. The molecule has 0 aliphatic carbocycles. The molecule has 1 aliphatic heterocycles. The lowest BCUT2D eigenvalue weighted by atomic mass is 9.97. The van der Waals surface area contributed by atoms with Gasteiger partial charge in [0.05, 0.1) is 0 Å². The summed E-state index contributed by atoms with van der Waals surface area (Å²) in [5.41, 5.74) is 2.28. The topological polar surface area (TPSA) is 74.0 Å². The van der Waals surface area contributed by atoms with Crippen molar-refractivity contribution in [3.05, 3.63) is 36.0 Å². The van der Waals surface area contributed by atoms with Gasteiger partial charge in [0.1, 0.15) is 5.92 Å². The minimum Gasteiger partial charge on any atom is -0.361 e. The van der Waals surface area contributed by atoms with E-state index in [0.29, 0.717) is 13.0 Å². The average molecular weight is 299 g/mol. The minimum atomic E-state index is -0.542. The summed E-state index contributed by atoms with van der Waals surface area (Å²) in [6.45, 7) is 2.65. The monoisotopic (exact) mass is 299 g/mol. The largest absolute Gasteiger partial charge is 0.361 e. The van der Waals surface area contributed by atoms with E-state index in [9.17, 15) is 9.59 Å². The number of carbonyl (C=O) groups excluding carboxylic acids is 2. The molecule has 2 heterocycles. The molecule has 116 valence electrons. The quantitative estimate of drug-likeness (QED) is 0.752. The number of H-pyrrole nitrogens is 1. The second-order valence-corrected chi connectivity index (χ2v) is 5.96. The third kappa shape index (κ3) is 2.98. The molecular formula is C17H21N3O2. The lowest BCUT2D eigenvalue weighted by Gasteiger charge is -2.23. The highest BCUT2D eigenvalue weighted by Crippen LogP contribution is 2.19. The van der Waals surface area contributed by atoms with E-state index in [0.717, 1.165) is 18.4 Å². The smallest absolute Gasteiger partial charge is 0.232 e. The number of rotatable bonds is 4. The Morgan fingerprint density at radius 3 is 3.05 bits per heavy atom. The fourth-order valence-corrected chi connectivity index (χ4v) is 3.05. The predicted molar refractivity (Wildman–Crippen MR) is 85.3 cm³/mol. The molecule has 1 saturated heterocycles. The standard InChI is InChI=1S/C17H21N3O2/c1-11(20-17(22)14-6-4-8-18-16(14)21)9-12-10-19-15-7-3-2-5-13(12)15/h2-3,5,7,10-11,14,19H,4,6,8-9H2,1H3,(H,18,21)(H,20,22)/t11-,14+/m0/s1. The second kappa shape index (κ2) is 6.22. The summed E-state index contributed by atoms with van der Waals surface area (Å²) in [6, 6.07) is 8.10. The Balaban J connectivity index is 1.63. The van der Waals surface area contributed by atoms with Gasteiger partial charge < -0.3 is 15.6 Å². The molecular weight excluding hydrogens is 278 g/mol. The summed E-state index contributed by atoms with van der Waals surface area (Å²) in [6.07, 6.45) is 4.23. The molecule has 1 aromatic heterocycles. The lowest BCUT2D eigenvalue weighted by molar-refractivity contribution is -0.137. The van der Waals surface area contributed by atoms with E-state index >= 15 is 0 Å². The number of piperidine rings is 1. The van der Waals surface area contributed by atoms with Gasteiger partial charge in [-0.25, -0.2) is 0 Å². The van der Waals surface area contributed by atoms with Crippen molar-refractivity contribution in [3.8, 4) is 0 Å². The van der Waals surface area contributed by atoms with Crippen LogP contribution in [-0.4, -0.2) is 29.4 Å². The molecule has 2 atom stereocenters. The maximum absolute atomic E-state index is 12.2. The van der Waals surface area contributed by atoms with Crippen LogP contribution in [0.3, 0.4) is 0 Å². The molecule has 3 N–H and O–H groups in total. The molecule has 5 nitrogen and oxygen atoms in total. The van der Waals surface area contributed by atoms with Gasteiger partial charge in [0.15, 0.2) is 0 Å². The molecule has 1 aromatic carbocycles. The van der Waals surface area contributed by atoms with Crippen molar-refractivity contribution in [2.24, 2.45) is 5.92 Å². The molecule has 5 heteroatoms. The first kappa shape index (κ1) is 14.6. The molecule has 0 spiro atoms. The summed E-state index contributed by atoms with van der Waals surface area (Å²) >= 11 is 0. The highest BCUT2D eigenvalue weighted by molar-refractivity contribution is 6.00. The predicted octanol–water partition coefficient (Wildman–Crippen LogP) is 1.74. The van der Waals surface area contributed by atoms with Crippen LogP contribution in [0, 0.1) is 5.92 Å². The minimum absolute atomic E-state index is 0.0126. The first-order valence-corrected chi connectivity index (χ1v) is 7.78. The number of amides is 2. The Morgan fingerprint density at radius 2 is 2.23 bits per heavy atom. The van der Waals surface area contributed by atoms with Crippen LogP contribution < -0.4 is 10.6 Å². The second-order valence-electron chi connectivity index (χ2n) is 5.96. The van der Waals surface area contributed by atoms with E-state index < -0.39 is 5.92 Å². The summed E-state index contributed by atoms with van der Waals surface area (Å²) in [5, 5.41) is 6.90. The average Bonchev–Trinajstić information content (AvgIpc) is 2.91. The molecule has 0 saturated carbocycles. The van der Waals surface area contributed by atoms with Crippen LogP contribution in [0.25, 0.3) is 10.9 Å². The highest BCUT2D eigenvalue weighted by atomic mass is 16.2. The van der Waals surface area contributed by atoms with Crippen LogP contribution in [-0.2, 0) is 16.0 Å². The molecule has 22 heavy (non-hydrogen) atoms. The van der Waals surface area contributed by atoms with Crippen molar-refractivity contribution in [2.45, 2.75) is 32.2 Å². The maximum Gasteiger partial charge on any atom is 0.232 e. The van der Waals surface area contributed by atoms with Gasteiger partial charge in [-0.2, -0.15) is 0 Å². The van der Waals surface area contributed by atoms with Crippen molar-refractivity contribution < 1.29 is 9.59 Å². The number of para-hydroxylation sites is 1. The van der Waals surface area contributed by atoms with E-state index in [1.807, 2.05) is 31.3 Å². The Bertz CT molecular complexity index is 692. The zero-order valence-electron chi connectivity index (χ0n) is 12.7. The van der Waals surface area contributed by atoms with Crippen LogP contribution in [0.4, 0.5) is 0 Å². The molecule has 2 amide bonds. The van der Waals surface area contributed by atoms with E-state index in [2.05, 4.69) is 21.7 Å². The van der Waals surface area contributed by atoms with Gasteiger partial charge in [0.25, 0.3) is 0 Å². The van der Waals surface area contributed by atoms with Gasteiger partial charge in [0.2, 0.25) is 11.8 Å². The molecule has 2 aromatic rings. The lowest BCUT2D eigenvalue weighted by Crippen LogP contribution is -2.47. The van der Waals surface area contributed by atoms with Crippen LogP contribution >= 0.6 is 0 Å². The molecule has 0 bridgehead atoms. The highest BCUT2D eigenvalue weighted by Gasteiger charge is 2.29. The number of fused-ring (bicyclic) bond motifs is 1. The number of carbonyl (C=O) groups is 2. The van der Waals surface area contributed by atoms with Gasteiger partial charge in [-0.15, -0.1) is 0 Å². The SMILES string of the molecule is C[C@@H](Cc1c[nH]c2ccccc12)NC(=O)[C@@H]1CCCNC1=O. The molecule has 1 aliphatic rings. The Hall–Kier alpha value is -2.30. The van der Waals surface area contributed by atoms with Gasteiger partial charge in [-0.3, -0.25) is 9.59 Å². The van der Waals surface area contributed by atoms with E-state index in [1.54, 1.807) is 0 Å². The van der Waals surface area contributed by atoms with Crippen LogP contribution in [0.5, 0.6) is 0 Å². The van der Waals surface area contributed by atoms with Gasteiger partial charge in [-0.05, 0) is 37.8 Å². The van der Waals surface area contributed by atoms with E-state index in [4.69, 9.17) is 0 Å². The number of aromatic nitrogens is 1. The van der Waals surface area contributed by atoms with Crippen LogP contribution in [0.15, 0.2) is 30.5 Å². The van der Waals surface area contributed by atoms with Crippen molar-refractivity contribution in [3.63, 3.8) is 0 Å². The normalized spacial score (nSPS) is 19.7. The maximum atomic E-state index is 12.2. The molecule has 1 fully saturated rings. The van der Waals surface area contributed by atoms with E-state index in [-0.39, 0.29) is 17.9 Å². The van der Waals surface area contributed by atoms with Crippen LogP contribution in [0.1, 0.15) is 25.3 Å². The molecule has 0 radical (unpaired) electrons. The van der Waals surface area contributed by atoms with Gasteiger partial charge >= 0.3 is 0 Å². The zero-order valence-corrected chi connectivity index (χ0v) is 12.7. The van der Waals surface area contributed by atoms with Gasteiger partial charge in [0, 0.05) is 29.7 Å². The van der Waals surface area contributed by atoms with Crippen molar-refractivity contribution in [2.75, 3.05) is 6.54 Å². The van der Waals surface area contributed by atoms with E-state index in [1.165, 1.54) is 10.9 Å². The van der Waals surface area contributed by atoms with Gasteiger partial charge in [-0.1, -0.05) is 18.2 Å². The summed E-state index contributed by atoms with van der Waals surface area (Å²) in [5.74, 6) is -0.855. The number of hydrogen-bond acceptors (Lipinski definition) is 2. The third-order valence-corrected chi connectivity index (χ3v) is 4.19. The van der Waals surface area contributed by atoms with Crippen molar-refractivity contribution >= 4 is 22.7 Å². The molecule has 3 rings (SSSR count). The van der Waals surface area contributed by atoms with Crippen molar-refractivity contribution in [1.82, 2.24) is 15.6 Å². The summed E-state index contributed by atoms with van der Waals surface area (Å²) in [4.78, 5) is 27.2. The number of aromatic amines is 1. The Kier molecular flexibility index (Phi) is 4.13. The summed E-state index contributed by atoms with van der Waals surface area (Å²) < 4.78 is 0. The first-order valence-electron chi connectivity index (χ1n) is 7.78. The zero-order chi connectivity index (χ0) is 15.5. The van der Waals surface area contributed by atoms with Crippen LogP contribution in [0.2, 0.25) is 0 Å². The fourth-order valence-electron chi connectivity index (χ4n) is 3.05. The number of benzene rings is 1.